The Hall–Kier alpha value is -2.09. The fraction of sp³-hybridized carbons (Fsp3) is 0.316. The Morgan fingerprint density at radius 2 is 1.78 bits per heavy atom. The zero-order chi connectivity index (χ0) is 18.7. The van der Waals surface area contributed by atoms with Crippen LogP contribution in [0.3, 0.4) is 0 Å². The Kier molecular flexibility index (Phi) is 6.86. The molecule has 146 valence electrons. The summed E-state index contributed by atoms with van der Waals surface area (Å²) in [7, 11) is -3.76. The maximum atomic E-state index is 12.6. The monoisotopic (exact) mass is 409 g/mol. The number of hydrogen-bond donors (Lipinski definition) is 3. The third-order valence-electron chi connectivity index (χ3n) is 4.49. The second-order valence-corrected chi connectivity index (χ2v) is 8.36. The highest BCUT2D eigenvalue weighted by molar-refractivity contribution is 7.92. The maximum Gasteiger partial charge on any atom is 0.261 e. The fourth-order valence-corrected chi connectivity index (χ4v) is 3.76. The number of sulfonamides is 1. The van der Waals surface area contributed by atoms with Gasteiger partial charge in [-0.05, 0) is 43.7 Å². The van der Waals surface area contributed by atoms with Crippen molar-refractivity contribution < 1.29 is 13.2 Å². The first kappa shape index (κ1) is 21.2. The van der Waals surface area contributed by atoms with Crippen molar-refractivity contribution in [3.63, 3.8) is 0 Å². The lowest BCUT2D eigenvalue weighted by Gasteiger charge is -2.27. The lowest BCUT2D eigenvalue weighted by molar-refractivity contribution is 0.0941. The van der Waals surface area contributed by atoms with Gasteiger partial charge in [-0.25, -0.2) is 8.42 Å². The molecule has 3 rings (SSSR count). The predicted molar refractivity (Wildman–Crippen MR) is 109 cm³/mol. The smallest absolute Gasteiger partial charge is 0.261 e. The van der Waals surface area contributed by atoms with Crippen molar-refractivity contribution >= 4 is 34.0 Å². The molecule has 27 heavy (non-hydrogen) atoms. The van der Waals surface area contributed by atoms with Crippen LogP contribution in [0.4, 0.5) is 5.69 Å². The summed E-state index contributed by atoms with van der Waals surface area (Å²) >= 11 is 0. The third kappa shape index (κ3) is 5.22. The highest BCUT2D eigenvalue weighted by atomic mass is 35.5. The maximum absolute atomic E-state index is 12.6. The number of amides is 1. The lowest BCUT2D eigenvalue weighted by Crippen LogP contribution is -2.48. The molecule has 6 nitrogen and oxygen atoms in total. The highest BCUT2D eigenvalue weighted by Crippen LogP contribution is 2.20. The van der Waals surface area contributed by atoms with E-state index in [0.717, 1.165) is 24.2 Å². The molecule has 1 aliphatic rings. The third-order valence-corrected chi connectivity index (χ3v) is 5.86. The molecule has 1 saturated heterocycles. The van der Waals surface area contributed by atoms with Crippen LogP contribution in [0.5, 0.6) is 0 Å². The minimum absolute atomic E-state index is 0. The SMILES string of the molecule is Cc1ccc(NS(=O)(=O)c2ccc(C)c(C(=O)NCC3CNC3)c2)cc1.Cl. The van der Waals surface area contributed by atoms with E-state index >= 15 is 0 Å². The number of benzene rings is 2. The summed E-state index contributed by atoms with van der Waals surface area (Å²) in [6, 6.07) is 11.7. The van der Waals surface area contributed by atoms with E-state index in [0.29, 0.717) is 23.7 Å². The van der Waals surface area contributed by atoms with Gasteiger partial charge in [-0.1, -0.05) is 23.8 Å². The van der Waals surface area contributed by atoms with Crippen LogP contribution < -0.4 is 15.4 Å². The van der Waals surface area contributed by atoms with Gasteiger partial charge in [0.25, 0.3) is 15.9 Å². The Balaban J connectivity index is 0.00000261. The van der Waals surface area contributed by atoms with Gasteiger partial charge in [0.2, 0.25) is 0 Å². The quantitative estimate of drug-likeness (QED) is 0.684. The van der Waals surface area contributed by atoms with Gasteiger partial charge in [0.05, 0.1) is 4.90 Å². The van der Waals surface area contributed by atoms with Crippen LogP contribution in [0.25, 0.3) is 0 Å². The molecule has 1 heterocycles. The molecule has 0 atom stereocenters. The predicted octanol–water partition coefficient (Wildman–Crippen LogP) is 2.48. The molecular weight excluding hydrogens is 386 g/mol. The minimum Gasteiger partial charge on any atom is -0.352 e. The molecule has 0 bridgehead atoms. The molecule has 3 N–H and O–H groups in total. The zero-order valence-electron chi connectivity index (χ0n) is 15.3. The molecule has 0 spiro atoms. The normalized spacial score (nSPS) is 14.0. The molecule has 0 aromatic heterocycles. The Morgan fingerprint density at radius 3 is 2.37 bits per heavy atom. The van der Waals surface area contributed by atoms with Crippen molar-refractivity contribution in [3.05, 3.63) is 59.2 Å². The van der Waals surface area contributed by atoms with Gasteiger partial charge in [0.15, 0.2) is 0 Å². The van der Waals surface area contributed by atoms with Crippen molar-refractivity contribution in [2.24, 2.45) is 5.92 Å². The molecule has 0 saturated carbocycles. The summed E-state index contributed by atoms with van der Waals surface area (Å²) in [6.07, 6.45) is 0. The molecule has 1 fully saturated rings. The molecule has 0 unspecified atom stereocenters. The summed E-state index contributed by atoms with van der Waals surface area (Å²) < 4.78 is 27.8. The van der Waals surface area contributed by atoms with Crippen molar-refractivity contribution in [1.82, 2.24) is 10.6 Å². The number of hydrogen-bond acceptors (Lipinski definition) is 4. The molecule has 2 aromatic rings. The summed E-state index contributed by atoms with van der Waals surface area (Å²) in [5, 5.41) is 6.03. The first-order chi connectivity index (χ1) is 12.3. The van der Waals surface area contributed by atoms with Crippen LogP contribution in [0.1, 0.15) is 21.5 Å². The molecule has 1 amide bonds. The number of carbonyl (C=O) groups is 1. The van der Waals surface area contributed by atoms with Crippen molar-refractivity contribution in [2.45, 2.75) is 18.7 Å². The van der Waals surface area contributed by atoms with Crippen molar-refractivity contribution in [1.29, 1.82) is 0 Å². The average molecular weight is 410 g/mol. The number of carbonyl (C=O) groups excluding carboxylic acids is 1. The summed E-state index contributed by atoms with van der Waals surface area (Å²) in [4.78, 5) is 12.5. The van der Waals surface area contributed by atoms with E-state index in [-0.39, 0.29) is 23.2 Å². The lowest BCUT2D eigenvalue weighted by atomic mass is 10.0. The average Bonchev–Trinajstić information content (AvgIpc) is 2.55. The molecule has 8 heteroatoms. The van der Waals surface area contributed by atoms with Crippen LogP contribution >= 0.6 is 12.4 Å². The van der Waals surface area contributed by atoms with Crippen LogP contribution in [-0.4, -0.2) is 34.0 Å². The van der Waals surface area contributed by atoms with E-state index in [2.05, 4.69) is 15.4 Å². The number of rotatable bonds is 6. The standard InChI is InChI=1S/C19H23N3O3S.ClH/c1-13-3-6-16(7-4-13)22-26(24,25)17-8-5-14(2)18(9-17)19(23)21-12-15-10-20-11-15;/h3-9,15,20,22H,10-12H2,1-2H3,(H,21,23);1H. The summed E-state index contributed by atoms with van der Waals surface area (Å²) in [5.41, 5.74) is 2.65. The second kappa shape index (κ2) is 8.73. The highest BCUT2D eigenvalue weighted by Gasteiger charge is 2.20. The number of nitrogens with one attached hydrogen (secondary N) is 3. The molecular formula is C19H24ClN3O3S. The largest absolute Gasteiger partial charge is 0.352 e. The number of halogens is 1. The second-order valence-electron chi connectivity index (χ2n) is 6.68. The van der Waals surface area contributed by atoms with E-state index in [1.807, 2.05) is 19.1 Å². The van der Waals surface area contributed by atoms with Crippen LogP contribution in [-0.2, 0) is 10.0 Å². The summed E-state index contributed by atoms with van der Waals surface area (Å²) in [5.74, 6) is 0.191. The van der Waals surface area contributed by atoms with E-state index in [1.54, 1.807) is 25.1 Å². The van der Waals surface area contributed by atoms with Crippen molar-refractivity contribution in [2.75, 3.05) is 24.4 Å². The topological polar surface area (TPSA) is 87.3 Å². The van der Waals surface area contributed by atoms with Crippen LogP contribution in [0.2, 0.25) is 0 Å². The van der Waals surface area contributed by atoms with Gasteiger partial charge in [-0.2, -0.15) is 0 Å². The first-order valence-electron chi connectivity index (χ1n) is 8.54. The van der Waals surface area contributed by atoms with Gasteiger partial charge in [-0.15, -0.1) is 12.4 Å². The van der Waals surface area contributed by atoms with E-state index in [1.165, 1.54) is 12.1 Å². The van der Waals surface area contributed by atoms with E-state index in [9.17, 15) is 13.2 Å². The fourth-order valence-electron chi connectivity index (χ4n) is 2.67. The number of aryl methyl sites for hydroxylation is 2. The van der Waals surface area contributed by atoms with E-state index in [4.69, 9.17) is 0 Å². The Bertz CT molecular complexity index is 910. The van der Waals surface area contributed by atoms with Gasteiger partial charge < -0.3 is 10.6 Å². The zero-order valence-corrected chi connectivity index (χ0v) is 16.9. The van der Waals surface area contributed by atoms with Crippen LogP contribution in [0.15, 0.2) is 47.4 Å². The Labute approximate surface area is 166 Å². The molecule has 0 aliphatic carbocycles. The minimum atomic E-state index is -3.76. The number of anilines is 1. The van der Waals surface area contributed by atoms with Gasteiger partial charge in [0, 0.05) is 36.8 Å². The summed E-state index contributed by atoms with van der Waals surface area (Å²) in [6.45, 7) is 6.11. The molecule has 0 radical (unpaired) electrons. The van der Waals surface area contributed by atoms with Crippen molar-refractivity contribution in [3.8, 4) is 0 Å². The molecule has 2 aromatic carbocycles. The van der Waals surface area contributed by atoms with Gasteiger partial charge in [0.1, 0.15) is 0 Å². The van der Waals surface area contributed by atoms with E-state index < -0.39 is 10.0 Å². The van der Waals surface area contributed by atoms with Crippen LogP contribution in [0, 0.1) is 19.8 Å². The van der Waals surface area contributed by atoms with Gasteiger partial charge in [-0.3, -0.25) is 9.52 Å². The molecule has 1 aliphatic heterocycles. The Morgan fingerprint density at radius 1 is 1.11 bits per heavy atom. The van der Waals surface area contributed by atoms with Gasteiger partial charge >= 0.3 is 0 Å². The first-order valence-corrected chi connectivity index (χ1v) is 10.0.